The highest BCUT2D eigenvalue weighted by molar-refractivity contribution is 7.90. The largest absolute Gasteiger partial charge is 0.363 e. The Kier molecular flexibility index (Phi) is 4.53. The summed E-state index contributed by atoms with van der Waals surface area (Å²) < 4.78 is 28.4. The molecule has 29 heavy (non-hydrogen) atoms. The van der Waals surface area contributed by atoms with Crippen molar-refractivity contribution in [1.29, 1.82) is 0 Å². The fraction of sp³-hybridized carbons (Fsp3) is 0.286. The summed E-state index contributed by atoms with van der Waals surface area (Å²) >= 11 is 0. The molecule has 0 radical (unpaired) electrons. The summed E-state index contributed by atoms with van der Waals surface area (Å²) in [5, 5.41) is 0.482. The van der Waals surface area contributed by atoms with Crippen molar-refractivity contribution in [2.24, 2.45) is 0 Å². The molecule has 1 aliphatic rings. The molecule has 7 nitrogen and oxygen atoms in total. The highest BCUT2D eigenvalue weighted by Crippen LogP contribution is 2.50. The zero-order chi connectivity index (χ0) is 20.8. The standard InChI is InChI=1S/C21H22N4O3S/c1-14-13-23-19(25(2)3)12-16(14)21(9-10-21)20(26)24-29(27,28)18-8-4-7-17-15(18)6-5-11-22-17/h4-8,11-13H,9-10H2,1-3H3,(H,24,26). The van der Waals surface area contributed by atoms with Gasteiger partial charge >= 0.3 is 0 Å². The number of rotatable bonds is 5. The predicted molar refractivity (Wildman–Crippen MR) is 111 cm³/mol. The second-order valence-corrected chi connectivity index (χ2v) is 9.25. The van der Waals surface area contributed by atoms with Gasteiger partial charge in [-0.2, -0.15) is 0 Å². The van der Waals surface area contributed by atoms with Crippen LogP contribution in [0.25, 0.3) is 10.9 Å². The first-order valence-electron chi connectivity index (χ1n) is 9.30. The molecule has 1 aliphatic carbocycles. The predicted octanol–water partition coefficient (Wildman–Crippen LogP) is 2.54. The van der Waals surface area contributed by atoms with Gasteiger partial charge in [0.25, 0.3) is 10.0 Å². The molecule has 1 aromatic carbocycles. The fourth-order valence-electron chi connectivity index (χ4n) is 3.60. The van der Waals surface area contributed by atoms with Crippen molar-refractivity contribution in [2.75, 3.05) is 19.0 Å². The van der Waals surface area contributed by atoms with Gasteiger partial charge in [-0.3, -0.25) is 9.78 Å². The molecule has 0 aliphatic heterocycles. The minimum Gasteiger partial charge on any atom is -0.363 e. The third kappa shape index (κ3) is 3.33. The number of nitrogens with zero attached hydrogens (tertiary/aromatic N) is 3. The Balaban J connectivity index is 1.70. The van der Waals surface area contributed by atoms with Crippen LogP contribution in [0.15, 0.2) is 53.7 Å². The number of carbonyl (C=O) groups excluding carboxylic acids is 1. The summed E-state index contributed by atoms with van der Waals surface area (Å²) in [6.07, 6.45) is 4.53. The van der Waals surface area contributed by atoms with Crippen molar-refractivity contribution in [3.8, 4) is 0 Å². The van der Waals surface area contributed by atoms with Crippen LogP contribution in [0.2, 0.25) is 0 Å². The van der Waals surface area contributed by atoms with Crippen LogP contribution in [-0.4, -0.2) is 38.4 Å². The number of sulfonamides is 1. The highest BCUT2D eigenvalue weighted by Gasteiger charge is 2.53. The lowest BCUT2D eigenvalue weighted by molar-refractivity contribution is -0.121. The summed E-state index contributed by atoms with van der Waals surface area (Å²) in [4.78, 5) is 23.6. The Hall–Kier alpha value is -3.00. The number of hydrogen-bond acceptors (Lipinski definition) is 6. The number of aromatic nitrogens is 2. The second kappa shape index (κ2) is 6.81. The average molecular weight is 410 g/mol. The number of anilines is 1. The normalized spacial score (nSPS) is 15.1. The first-order chi connectivity index (χ1) is 13.7. The lowest BCUT2D eigenvalue weighted by Gasteiger charge is -2.20. The summed E-state index contributed by atoms with van der Waals surface area (Å²) in [5.74, 6) is 0.227. The molecule has 0 bridgehead atoms. The molecule has 4 rings (SSSR count). The topological polar surface area (TPSA) is 92.3 Å². The van der Waals surface area contributed by atoms with E-state index in [0.29, 0.717) is 23.7 Å². The maximum atomic E-state index is 13.1. The molecule has 0 spiro atoms. The minimum absolute atomic E-state index is 0.0488. The molecule has 1 fully saturated rings. The van der Waals surface area contributed by atoms with Crippen LogP contribution in [0.3, 0.4) is 0 Å². The molecule has 150 valence electrons. The van der Waals surface area contributed by atoms with Gasteiger partial charge in [-0.15, -0.1) is 0 Å². The van der Waals surface area contributed by atoms with E-state index in [9.17, 15) is 13.2 Å². The molecule has 1 saturated carbocycles. The van der Waals surface area contributed by atoms with Gasteiger partial charge in [0, 0.05) is 31.9 Å². The third-order valence-electron chi connectivity index (χ3n) is 5.37. The smallest absolute Gasteiger partial charge is 0.264 e. The SMILES string of the molecule is Cc1cnc(N(C)C)cc1C1(C(=O)NS(=O)(=O)c2cccc3ncccc23)CC1. The maximum absolute atomic E-state index is 13.1. The number of fused-ring (bicyclic) bond motifs is 1. The van der Waals surface area contributed by atoms with Gasteiger partial charge in [-0.25, -0.2) is 18.1 Å². The maximum Gasteiger partial charge on any atom is 0.264 e. The van der Waals surface area contributed by atoms with Crippen LogP contribution in [0, 0.1) is 6.92 Å². The Labute approximate surface area is 169 Å². The van der Waals surface area contributed by atoms with E-state index in [0.717, 1.165) is 16.9 Å². The number of hydrogen-bond donors (Lipinski definition) is 1. The van der Waals surface area contributed by atoms with E-state index in [4.69, 9.17) is 0 Å². The number of amides is 1. The monoisotopic (exact) mass is 410 g/mol. The van der Waals surface area contributed by atoms with Crippen LogP contribution in [0.1, 0.15) is 24.0 Å². The molecule has 0 saturated heterocycles. The van der Waals surface area contributed by atoms with Crippen molar-refractivity contribution in [3.05, 3.63) is 59.9 Å². The van der Waals surface area contributed by atoms with E-state index >= 15 is 0 Å². The van der Waals surface area contributed by atoms with Crippen LogP contribution in [-0.2, 0) is 20.2 Å². The van der Waals surface area contributed by atoms with Crippen molar-refractivity contribution in [2.45, 2.75) is 30.1 Å². The minimum atomic E-state index is -4.04. The molecule has 2 heterocycles. The van der Waals surface area contributed by atoms with Gasteiger partial charge in [0.1, 0.15) is 5.82 Å². The number of pyridine rings is 2. The van der Waals surface area contributed by atoms with Crippen LogP contribution < -0.4 is 9.62 Å². The van der Waals surface area contributed by atoms with Crippen molar-refractivity contribution < 1.29 is 13.2 Å². The molecule has 3 aromatic rings. The van der Waals surface area contributed by atoms with Crippen LogP contribution in [0.4, 0.5) is 5.82 Å². The van der Waals surface area contributed by atoms with Crippen molar-refractivity contribution >= 4 is 32.7 Å². The van der Waals surface area contributed by atoms with E-state index in [2.05, 4.69) is 14.7 Å². The Bertz CT molecular complexity index is 1210. The first kappa shape index (κ1) is 19.3. The van der Waals surface area contributed by atoms with E-state index in [-0.39, 0.29) is 4.90 Å². The summed E-state index contributed by atoms with van der Waals surface area (Å²) in [6.45, 7) is 1.89. The van der Waals surface area contributed by atoms with Gasteiger partial charge in [0.15, 0.2) is 0 Å². The molecule has 1 N–H and O–H groups in total. The highest BCUT2D eigenvalue weighted by atomic mass is 32.2. The molecular formula is C21H22N4O3S. The van der Waals surface area contributed by atoms with Crippen LogP contribution >= 0.6 is 0 Å². The summed E-state index contributed by atoms with van der Waals surface area (Å²) in [6, 6.07) is 10.1. The van der Waals surface area contributed by atoms with Gasteiger partial charge < -0.3 is 4.90 Å². The number of nitrogens with one attached hydrogen (secondary N) is 1. The zero-order valence-electron chi connectivity index (χ0n) is 16.5. The first-order valence-corrected chi connectivity index (χ1v) is 10.8. The Morgan fingerprint density at radius 3 is 2.59 bits per heavy atom. The lowest BCUT2D eigenvalue weighted by atomic mass is 9.92. The Morgan fingerprint density at radius 2 is 1.90 bits per heavy atom. The van der Waals surface area contributed by atoms with E-state index in [1.54, 1.807) is 36.7 Å². The van der Waals surface area contributed by atoms with E-state index in [1.807, 2.05) is 32.0 Å². The zero-order valence-corrected chi connectivity index (χ0v) is 17.3. The third-order valence-corrected chi connectivity index (χ3v) is 6.76. The lowest BCUT2D eigenvalue weighted by Crippen LogP contribution is -2.39. The van der Waals surface area contributed by atoms with E-state index in [1.165, 1.54) is 6.07 Å². The fourth-order valence-corrected chi connectivity index (χ4v) is 4.87. The average Bonchev–Trinajstić information content (AvgIpc) is 3.49. The summed E-state index contributed by atoms with van der Waals surface area (Å²) in [7, 11) is -0.292. The van der Waals surface area contributed by atoms with Gasteiger partial charge in [-0.1, -0.05) is 6.07 Å². The molecule has 0 unspecified atom stereocenters. The van der Waals surface area contributed by atoms with Crippen LogP contribution in [0.5, 0.6) is 0 Å². The van der Waals surface area contributed by atoms with Crippen molar-refractivity contribution in [3.63, 3.8) is 0 Å². The number of carbonyl (C=O) groups is 1. The van der Waals surface area contributed by atoms with Gasteiger partial charge in [0.2, 0.25) is 5.91 Å². The quantitative estimate of drug-likeness (QED) is 0.695. The molecule has 0 atom stereocenters. The number of benzene rings is 1. The molecular weight excluding hydrogens is 388 g/mol. The molecule has 2 aromatic heterocycles. The summed E-state index contributed by atoms with van der Waals surface area (Å²) in [5.41, 5.74) is 1.41. The molecule has 8 heteroatoms. The van der Waals surface area contributed by atoms with Crippen molar-refractivity contribution in [1.82, 2.24) is 14.7 Å². The second-order valence-electron chi connectivity index (χ2n) is 7.59. The molecule has 1 amide bonds. The number of aryl methyl sites for hydroxylation is 1. The van der Waals surface area contributed by atoms with Gasteiger partial charge in [0.05, 0.1) is 15.8 Å². The van der Waals surface area contributed by atoms with Gasteiger partial charge in [-0.05, 0) is 61.2 Å². The Morgan fingerprint density at radius 1 is 1.14 bits per heavy atom. The van der Waals surface area contributed by atoms with E-state index < -0.39 is 21.3 Å².